The van der Waals surface area contributed by atoms with Crippen LogP contribution in [0.15, 0.2) is 16.5 Å². The molecule has 1 aromatic heterocycles. The van der Waals surface area contributed by atoms with E-state index in [0.29, 0.717) is 0 Å². The Morgan fingerprint density at radius 2 is 2.00 bits per heavy atom. The Morgan fingerprint density at radius 3 is 2.61 bits per heavy atom. The predicted molar refractivity (Wildman–Crippen MR) is 74.4 cm³/mol. The first kappa shape index (κ1) is 13.6. The third kappa shape index (κ3) is 3.85. The Hall–Kier alpha value is -0.800. The van der Waals surface area contributed by atoms with E-state index in [1.165, 1.54) is 32.1 Å². The first-order valence-corrected chi connectivity index (χ1v) is 7.10. The van der Waals surface area contributed by atoms with Crippen LogP contribution in [0, 0.1) is 6.92 Å². The van der Waals surface area contributed by atoms with Crippen LogP contribution in [0.5, 0.6) is 0 Å². The third-order valence-electron chi connectivity index (χ3n) is 4.06. The molecule has 102 valence electrons. The van der Waals surface area contributed by atoms with Crippen LogP contribution < -0.4 is 5.73 Å². The topological polar surface area (TPSA) is 42.4 Å². The van der Waals surface area contributed by atoms with Crippen LogP contribution in [0.1, 0.15) is 50.0 Å². The highest BCUT2D eigenvalue weighted by Gasteiger charge is 2.27. The highest BCUT2D eigenvalue weighted by molar-refractivity contribution is 5.05. The molecular formula is C15H26N2O. The van der Waals surface area contributed by atoms with Crippen LogP contribution in [-0.4, -0.2) is 24.0 Å². The fourth-order valence-electron chi connectivity index (χ4n) is 2.83. The van der Waals surface area contributed by atoms with Crippen molar-refractivity contribution in [2.45, 2.75) is 57.5 Å². The molecule has 1 aliphatic carbocycles. The molecule has 1 saturated carbocycles. The van der Waals surface area contributed by atoms with Crippen molar-refractivity contribution in [2.75, 3.05) is 13.6 Å². The second-order valence-electron chi connectivity index (χ2n) is 5.92. The molecule has 3 heteroatoms. The quantitative estimate of drug-likeness (QED) is 0.873. The van der Waals surface area contributed by atoms with E-state index in [2.05, 4.69) is 18.0 Å². The molecule has 3 nitrogen and oxygen atoms in total. The van der Waals surface area contributed by atoms with Gasteiger partial charge in [-0.1, -0.05) is 19.3 Å². The van der Waals surface area contributed by atoms with Crippen molar-refractivity contribution in [3.8, 4) is 0 Å². The fraction of sp³-hybridized carbons (Fsp3) is 0.733. The largest absolute Gasteiger partial charge is 0.465 e. The molecule has 0 aromatic carbocycles. The van der Waals surface area contributed by atoms with Gasteiger partial charge in [0, 0.05) is 12.1 Å². The van der Waals surface area contributed by atoms with Gasteiger partial charge in [0.25, 0.3) is 0 Å². The van der Waals surface area contributed by atoms with Crippen molar-refractivity contribution in [2.24, 2.45) is 5.73 Å². The lowest BCUT2D eigenvalue weighted by Gasteiger charge is -2.34. The molecule has 1 aromatic rings. The lowest BCUT2D eigenvalue weighted by Crippen LogP contribution is -2.44. The van der Waals surface area contributed by atoms with Crippen LogP contribution in [0.3, 0.4) is 0 Å². The van der Waals surface area contributed by atoms with Crippen LogP contribution in [0.2, 0.25) is 0 Å². The van der Waals surface area contributed by atoms with E-state index < -0.39 is 0 Å². The maximum atomic E-state index is 6.45. The van der Waals surface area contributed by atoms with Crippen molar-refractivity contribution >= 4 is 0 Å². The summed E-state index contributed by atoms with van der Waals surface area (Å²) in [6.07, 6.45) is 7.46. The summed E-state index contributed by atoms with van der Waals surface area (Å²) in [5, 5.41) is 0. The van der Waals surface area contributed by atoms with Crippen LogP contribution in [-0.2, 0) is 6.54 Å². The van der Waals surface area contributed by atoms with Gasteiger partial charge in [0.05, 0.1) is 6.54 Å². The van der Waals surface area contributed by atoms with Gasteiger partial charge in [-0.15, -0.1) is 0 Å². The van der Waals surface area contributed by atoms with E-state index in [0.717, 1.165) is 31.0 Å². The molecule has 2 N–H and O–H groups in total. The zero-order valence-electron chi connectivity index (χ0n) is 11.7. The predicted octanol–water partition coefficient (Wildman–Crippen LogP) is 3.07. The second-order valence-corrected chi connectivity index (χ2v) is 5.92. The Kier molecular flexibility index (Phi) is 4.46. The standard InChI is InChI=1S/C15H26N2O/c1-13-6-7-14(18-13)12-17(2)11-10-15(16)8-4-3-5-9-15/h6-7H,3-5,8-12,16H2,1-2H3. The van der Waals surface area contributed by atoms with E-state index in [-0.39, 0.29) is 5.54 Å². The van der Waals surface area contributed by atoms with Crippen LogP contribution >= 0.6 is 0 Å². The molecular weight excluding hydrogens is 224 g/mol. The van der Waals surface area contributed by atoms with Gasteiger partial charge >= 0.3 is 0 Å². The molecule has 0 unspecified atom stereocenters. The lowest BCUT2D eigenvalue weighted by atomic mass is 9.80. The summed E-state index contributed by atoms with van der Waals surface area (Å²) in [4.78, 5) is 2.31. The number of nitrogens with two attached hydrogens (primary N) is 1. The highest BCUT2D eigenvalue weighted by Crippen LogP contribution is 2.28. The van der Waals surface area contributed by atoms with Gasteiger partial charge in [0.15, 0.2) is 0 Å². The highest BCUT2D eigenvalue weighted by atomic mass is 16.3. The van der Waals surface area contributed by atoms with Gasteiger partial charge in [-0.3, -0.25) is 4.90 Å². The van der Waals surface area contributed by atoms with E-state index in [9.17, 15) is 0 Å². The van der Waals surface area contributed by atoms with Crippen molar-refractivity contribution in [1.82, 2.24) is 4.90 Å². The number of nitrogens with zero attached hydrogens (tertiary/aromatic N) is 1. The molecule has 0 spiro atoms. The first-order chi connectivity index (χ1) is 8.57. The van der Waals surface area contributed by atoms with E-state index >= 15 is 0 Å². The van der Waals surface area contributed by atoms with E-state index in [4.69, 9.17) is 10.2 Å². The average Bonchev–Trinajstić information content (AvgIpc) is 2.73. The zero-order valence-corrected chi connectivity index (χ0v) is 11.7. The number of rotatable bonds is 5. The summed E-state index contributed by atoms with van der Waals surface area (Å²) < 4.78 is 5.60. The second kappa shape index (κ2) is 5.89. The maximum absolute atomic E-state index is 6.45. The van der Waals surface area contributed by atoms with Gasteiger partial charge in [-0.05, 0) is 45.4 Å². The Morgan fingerprint density at radius 1 is 1.28 bits per heavy atom. The molecule has 2 rings (SSSR count). The average molecular weight is 250 g/mol. The monoisotopic (exact) mass is 250 g/mol. The summed E-state index contributed by atoms with van der Waals surface area (Å²) in [6.45, 7) is 3.92. The van der Waals surface area contributed by atoms with Gasteiger partial charge in [-0.2, -0.15) is 0 Å². The van der Waals surface area contributed by atoms with Crippen molar-refractivity contribution in [3.05, 3.63) is 23.7 Å². The number of furan rings is 1. The Labute approximate surface area is 110 Å². The molecule has 0 saturated heterocycles. The minimum absolute atomic E-state index is 0.0889. The maximum Gasteiger partial charge on any atom is 0.118 e. The molecule has 0 amide bonds. The summed E-state index contributed by atoms with van der Waals surface area (Å²) >= 11 is 0. The molecule has 0 atom stereocenters. The summed E-state index contributed by atoms with van der Waals surface area (Å²) in [5.74, 6) is 2.03. The SMILES string of the molecule is Cc1ccc(CN(C)CCC2(N)CCCCC2)o1. The van der Waals surface area contributed by atoms with Crippen molar-refractivity contribution in [3.63, 3.8) is 0 Å². The lowest BCUT2D eigenvalue weighted by molar-refractivity contribution is 0.218. The van der Waals surface area contributed by atoms with Gasteiger partial charge in [-0.25, -0.2) is 0 Å². The van der Waals surface area contributed by atoms with Crippen molar-refractivity contribution in [1.29, 1.82) is 0 Å². The van der Waals surface area contributed by atoms with Gasteiger partial charge in [0.1, 0.15) is 11.5 Å². The third-order valence-corrected chi connectivity index (χ3v) is 4.06. The minimum atomic E-state index is 0.0889. The molecule has 1 aliphatic rings. The smallest absolute Gasteiger partial charge is 0.118 e. The zero-order chi connectivity index (χ0) is 13.0. The number of hydrogen-bond acceptors (Lipinski definition) is 3. The number of aryl methyl sites for hydroxylation is 1. The molecule has 0 aliphatic heterocycles. The molecule has 18 heavy (non-hydrogen) atoms. The van der Waals surface area contributed by atoms with Gasteiger partial charge in [0.2, 0.25) is 0 Å². The van der Waals surface area contributed by atoms with Gasteiger partial charge < -0.3 is 10.2 Å². The molecule has 1 fully saturated rings. The van der Waals surface area contributed by atoms with Crippen LogP contribution in [0.25, 0.3) is 0 Å². The minimum Gasteiger partial charge on any atom is -0.465 e. The number of hydrogen-bond donors (Lipinski definition) is 1. The molecule has 0 bridgehead atoms. The summed E-state index contributed by atoms with van der Waals surface area (Å²) in [5.41, 5.74) is 6.54. The Balaban J connectivity index is 1.75. The van der Waals surface area contributed by atoms with E-state index in [1.807, 2.05) is 13.0 Å². The van der Waals surface area contributed by atoms with Crippen molar-refractivity contribution < 1.29 is 4.42 Å². The summed E-state index contributed by atoms with van der Waals surface area (Å²) in [6, 6.07) is 4.08. The normalized spacial score (nSPS) is 19.3. The Bertz CT molecular complexity index is 366. The fourth-order valence-corrected chi connectivity index (χ4v) is 2.83. The van der Waals surface area contributed by atoms with Crippen LogP contribution in [0.4, 0.5) is 0 Å². The molecule has 0 radical (unpaired) electrons. The molecule has 1 heterocycles. The van der Waals surface area contributed by atoms with E-state index in [1.54, 1.807) is 0 Å². The summed E-state index contributed by atoms with van der Waals surface area (Å²) in [7, 11) is 2.14. The first-order valence-electron chi connectivity index (χ1n) is 7.10.